The Morgan fingerprint density at radius 2 is 2.44 bits per heavy atom. The molecule has 0 aromatic carbocycles. The number of hydrogen-bond donors (Lipinski definition) is 1. The third kappa shape index (κ3) is 2.85. The molecule has 1 aliphatic rings. The van der Waals surface area contributed by atoms with Gasteiger partial charge in [0, 0.05) is 19.1 Å². The highest BCUT2D eigenvalue weighted by Gasteiger charge is 2.25. The van der Waals surface area contributed by atoms with E-state index in [4.69, 9.17) is 16.9 Å². The van der Waals surface area contributed by atoms with Gasteiger partial charge in [0.05, 0.1) is 0 Å². The maximum Gasteiger partial charge on any atom is 0.185 e. The highest BCUT2D eigenvalue weighted by molar-refractivity contribution is 7.16. The number of nitrogens with zero attached hydrogens (tertiary/aromatic N) is 3. The highest BCUT2D eigenvalue weighted by atomic mass is 35.5. The number of likely N-dealkylation sites (N-methyl/N-ethyl adjacent to an activating group) is 1. The molecule has 2 rings (SSSR count). The summed E-state index contributed by atoms with van der Waals surface area (Å²) in [5.41, 5.74) is 0. The summed E-state index contributed by atoms with van der Waals surface area (Å²) in [6.45, 7) is 1.82. The Morgan fingerprint density at radius 3 is 3.00 bits per heavy atom. The van der Waals surface area contributed by atoms with Crippen LogP contribution in [0.1, 0.15) is 17.7 Å². The molecule has 0 spiro atoms. The first-order chi connectivity index (χ1) is 7.70. The Morgan fingerprint density at radius 1 is 1.69 bits per heavy atom. The maximum absolute atomic E-state index is 8.73. The van der Waals surface area contributed by atoms with Crippen LogP contribution in [-0.4, -0.2) is 36.1 Å². The second-order valence-corrected chi connectivity index (χ2v) is 5.25. The van der Waals surface area contributed by atoms with E-state index in [1.165, 1.54) is 24.2 Å². The Balaban J connectivity index is 1.78. The molecule has 16 heavy (non-hydrogen) atoms. The molecule has 0 atom stereocenters. The van der Waals surface area contributed by atoms with E-state index >= 15 is 0 Å². The van der Waals surface area contributed by atoms with E-state index < -0.39 is 0 Å². The molecule has 1 N–H and O–H groups in total. The second-order valence-electron chi connectivity index (χ2n) is 3.89. The van der Waals surface area contributed by atoms with Crippen LogP contribution in [0.25, 0.3) is 0 Å². The molecule has 0 bridgehead atoms. The van der Waals surface area contributed by atoms with Gasteiger partial charge in [-0.05, 0) is 19.9 Å². The van der Waals surface area contributed by atoms with Gasteiger partial charge in [-0.3, -0.25) is 0 Å². The fourth-order valence-electron chi connectivity index (χ4n) is 1.48. The number of thiazole rings is 1. The van der Waals surface area contributed by atoms with Gasteiger partial charge in [-0.2, -0.15) is 5.26 Å². The summed E-state index contributed by atoms with van der Waals surface area (Å²) in [5.74, 6) is 0. The molecular weight excluding hydrogens is 244 g/mol. The van der Waals surface area contributed by atoms with E-state index in [0.717, 1.165) is 24.3 Å². The third-order valence-electron chi connectivity index (χ3n) is 2.60. The minimum Gasteiger partial charge on any atom is -0.360 e. The average molecular weight is 257 g/mol. The lowest BCUT2D eigenvalue weighted by Crippen LogP contribution is -2.26. The molecule has 1 aromatic rings. The molecule has 0 unspecified atom stereocenters. The van der Waals surface area contributed by atoms with Gasteiger partial charge in [0.2, 0.25) is 0 Å². The molecule has 1 heterocycles. The summed E-state index contributed by atoms with van der Waals surface area (Å²) in [6, 6.07) is 2.79. The van der Waals surface area contributed by atoms with Gasteiger partial charge in [0.25, 0.3) is 0 Å². The van der Waals surface area contributed by atoms with Crippen LogP contribution in [-0.2, 0) is 0 Å². The van der Waals surface area contributed by atoms with E-state index in [1.54, 1.807) is 0 Å². The third-order valence-corrected chi connectivity index (χ3v) is 3.90. The first-order valence-electron chi connectivity index (χ1n) is 5.21. The monoisotopic (exact) mass is 256 g/mol. The molecule has 1 aromatic heterocycles. The van der Waals surface area contributed by atoms with E-state index in [1.807, 2.05) is 6.07 Å². The Hall–Kier alpha value is -0.830. The van der Waals surface area contributed by atoms with Crippen LogP contribution in [0.4, 0.5) is 5.13 Å². The number of halogens is 1. The zero-order valence-corrected chi connectivity index (χ0v) is 10.6. The largest absolute Gasteiger partial charge is 0.360 e. The van der Waals surface area contributed by atoms with Crippen molar-refractivity contribution < 1.29 is 0 Å². The predicted molar refractivity (Wildman–Crippen MR) is 66.0 cm³/mol. The van der Waals surface area contributed by atoms with Crippen molar-refractivity contribution in [2.45, 2.75) is 18.9 Å². The molecule has 6 heteroatoms. The topological polar surface area (TPSA) is 52.0 Å². The second kappa shape index (κ2) is 5.00. The van der Waals surface area contributed by atoms with E-state index in [-0.39, 0.29) is 0 Å². The van der Waals surface area contributed by atoms with Gasteiger partial charge in [-0.25, -0.2) is 4.98 Å². The average Bonchev–Trinajstić information content (AvgIpc) is 3.04. The zero-order valence-electron chi connectivity index (χ0n) is 9.03. The quantitative estimate of drug-likeness (QED) is 0.877. The summed E-state index contributed by atoms with van der Waals surface area (Å²) >= 11 is 7.07. The Kier molecular flexibility index (Phi) is 3.64. The molecule has 0 saturated heterocycles. The van der Waals surface area contributed by atoms with Gasteiger partial charge >= 0.3 is 0 Å². The lowest BCUT2D eigenvalue weighted by atomic mass is 10.5. The van der Waals surface area contributed by atoms with Crippen LogP contribution in [0.3, 0.4) is 0 Å². The highest BCUT2D eigenvalue weighted by Crippen LogP contribution is 2.26. The Bertz CT molecular complexity index is 407. The molecule has 0 radical (unpaired) electrons. The Labute approximate surface area is 104 Å². The van der Waals surface area contributed by atoms with Gasteiger partial charge in [0.15, 0.2) is 10.3 Å². The normalized spacial score (nSPS) is 15.1. The first-order valence-corrected chi connectivity index (χ1v) is 6.40. The molecular formula is C10H13ClN4S. The number of rotatable bonds is 5. The molecule has 1 aliphatic carbocycles. The molecule has 1 fully saturated rings. The van der Waals surface area contributed by atoms with Gasteiger partial charge in [0.1, 0.15) is 10.9 Å². The van der Waals surface area contributed by atoms with Crippen molar-refractivity contribution in [1.82, 2.24) is 9.88 Å². The lowest BCUT2D eigenvalue weighted by molar-refractivity contribution is 0.337. The van der Waals surface area contributed by atoms with Crippen molar-refractivity contribution in [3.05, 3.63) is 10.0 Å². The minimum atomic E-state index is 0.297. The number of nitriles is 1. The van der Waals surface area contributed by atoms with Crippen LogP contribution >= 0.6 is 22.9 Å². The predicted octanol–water partition coefficient (Wildman–Crippen LogP) is 2.17. The molecule has 0 amide bonds. The minimum absolute atomic E-state index is 0.297. The number of hydrogen-bond acceptors (Lipinski definition) is 5. The van der Waals surface area contributed by atoms with Gasteiger partial charge in [-0.15, -0.1) is 0 Å². The summed E-state index contributed by atoms with van der Waals surface area (Å²) in [5, 5.41) is 12.9. The molecule has 1 saturated carbocycles. The molecule has 0 aliphatic heterocycles. The van der Waals surface area contributed by atoms with Crippen molar-refractivity contribution >= 4 is 28.1 Å². The van der Waals surface area contributed by atoms with Crippen LogP contribution in [0.5, 0.6) is 0 Å². The summed E-state index contributed by atoms with van der Waals surface area (Å²) in [7, 11) is 2.13. The summed E-state index contributed by atoms with van der Waals surface area (Å²) in [6.07, 6.45) is 2.64. The maximum atomic E-state index is 8.73. The van der Waals surface area contributed by atoms with E-state index in [0.29, 0.717) is 10.0 Å². The first kappa shape index (κ1) is 11.6. The fraction of sp³-hybridized carbons (Fsp3) is 0.600. The zero-order chi connectivity index (χ0) is 11.5. The van der Waals surface area contributed by atoms with E-state index in [9.17, 15) is 0 Å². The van der Waals surface area contributed by atoms with Gasteiger partial charge < -0.3 is 10.2 Å². The van der Waals surface area contributed by atoms with Crippen LogP contribution < -0.4 is 5.32 Å². The van der Waals surface area contributed by atoms with Crippen LogP contribution in [0.2, 0.25) is 5.15 Å². The molecule has 86 valence electrons. The molecule has 4 nitrogen and oxygen atoms in total. The smallest absolute Gasteiger partial charge is 0.185 e. The summed E-state index contributed by atoms with van der Waals surface area (Å²) < 4.78 is 0. The SMILES string of the molecule is CN(CCNc1nc(Cl)c(C#N)s1)C1CC1. The fourth-order valence-corrected chi connectivity index (χ4v) is 2.46. The lowest BCUT2D eigenvalue weighted by Gasteiger charge is -2.15. The van der Waals surface area contributed by atoms with Gasteiger partial charge in [-0.1, -0.05) is 22.9 Å². The van der Waals surface area contributed by atoms with E-state index in [2.05, 4.69) is 22.2 Å². The summed E-state index contributed by atoms with van der Waals surface area (Å²) in [4.78, 5) is 6.88. The van der Waals surface area contributed by atoms with Crippen molar-refractivity contribution in [2.24, 2.45) is 0 Å². The van der Waals surface area contributed by atoms with Crippen molar-refractivity contribution in [3.63, 3.8) is 0 Å². The van der Waals surface area contributed by atoms with Crippen molar-refractivity contribution in [1.29, 1.82) is 5.26 Å². The van der Waals surface area contributed by atoms with Crippen molar-refractivity contribution in [2.75, 3.05) is 25.5 Å². The number of aromatic nitrogens is 1. The van der Waals surface area contributed by atoms with Crippen molar-refractivity contribution in [3.8, 4) is 6.07 Å². The number of nitrogens with one attached hydrogen (secondary N) is 1. The van der Waals surface area contributed by atoms with Crippen LogP contribution in [0.15, 0.2) is 0 Å². The van der Waals surface area contributed by atoms with Crippen LogP contribution in [0, 0.1) is 11.3 Å². The standard InChI is InChI=1S/C10H13ClN4S/c1-15(7-2-3-7)5-4-13-10-14-9(11)8(6-12)16-10/h7H,2-5H2,1H3,(H,13,14). The number of anilines is 1.